The van der Waals surface area contributed by atoms with Gasteiger partial charge in [-0.3, -0.25) is 9.59 Å². The van der Waals surface area contributed by atoms with Crippen molar-refractivity contribution in [1.29, 1.82) is 0 Å². The van der Waals surface area contributed by atoms with Crippen LogP contribution in [0.4, 0.5) is 0 Å². The second-order valence-corrected chi connectivity index (χ2v) is 5.84. The Hall–Kier alpha value is -1.54. The van der Waals surface area contributed by atoms with Gasteiger partial charge in [0.25, 0.3) is 0 Å². The van der Waals surface area contributed by atoms with Gasteiger partial charge in [0.1, 0.15) is 5.92 Å². The van der Waals surface area contributed by atoms with E-state index in [-0.39, 0.29) is 11.7 Å². The molecule has 0 bridgehead atoms. The van der Waals surface area contributed by atoms with E-state index < -0.39 is 11.9 Å². The SMILES string of the molecule is COC(=O)C(CC(C)C)C(=O)c1c(C)cc(C)cc1C.O=[PH2+]. The fourth-order valence-corrected chi connectivity index (χ4v) is 2.67. The average molecular weight is 325 g/mol. The van der Waals surface area contributed by atoms with Crippen molar-refractivity contribution in [3.63, 3.8) is 0 Å². The Morgan fingerprint density at radius 3 is 1.91 bits per heavy atom. The fourth-order valence-electron chi connectivity index (χ4n) is 2.67. The van der Waals surface area contributed by atoms with Crippen molar-refractivity contribution < 1.29 is 18.9 Å². The smallest absolute Gasteiger partial charge is 0.316 e. The van der Waals surface area contributed by atoms with Crippen LogP contribution in [-0.4, -0.2) is 18.9 Å². The maximum absolute atomic E-state index is 12.7. The number of ether oxygens (including phenoxy) is 1. The van der Waals surface area contributed by atoms with Gasteiger partial charge in [-0.1, -0.05) is 36.1 Å². The zero-order chi connectivity index (χ0) is 17.4. The highest BCUT2D eigenvalue weighted by molar-refractivity contribution is 7.00. The van der Waals surface area contributed by atoms with Gasteiger partial charge in [0, 0.05) is 5.56 Å². The lowest BCUT2D eigenvalue weighted by Gasteiger charge is -2.18. The van der Waals surface area contributed by atoms with Crippen molar-refractivity contribution in [2.75, 3.05) is 7.11 Å². The van der Waals surface area contributed by atoms with Crippen molar-refractivity contribution in [2.24, 2.45) is 11.8 Å². The molecule has 22 heavy (non-hydrogen) atoms. The van der Waals surface area contributed by atoms with Gasteiger partial charge >= 0.3 is 15.1 Å². The minimum Gasteiger partial charge on any atom is -0.468 e. The molecule has 4 nitrogen and oxygen atoms in total. The molecule has 0 radical (unpaired) electrons. The van der Waals surface area contributed by atoms with Crippen LogP contribution in [0.2, 0.25) is 0 Å². The molecule has 0 spiro atoms. The number of esters is 1. The quantitative estimate of drug-likeness (QED) is 0.357. The third-order valence-electron chi connectivity index (χ3n) is 3.43. The highest BCUT2D eigenvalue weighted by Crippen LogP contribution is 2.24. The van der Waals surface area contributed by atoms with Gasteiger partial charge in [-0.15, -0.1) is 0 Å². The largest absolute Gasteiger partial charge is 0.468 e. The summed E-state index contributed by atoms with van der Waals surface area (Å²) in [7, 11) is 2.50. The van der Waals surface area contributed by atoms with E-state index >= 15 is 0 Å². The molecule has 1 rings (SSSR count). The summed E-state index contributed by atoms with van der Waals surface area (Å²) >= 11 is 0. The predicted molar refractivity (Wildman–Crippen MR) is 90.3 cm³/mol. The lowest BCUT2D eigenvalue weighted by molar-refractivity contribution is -0.144. The lowest BCUT2D eigenvalue weighted by atomic mass is 9.85. The Morgan fingerprint density at radius 2 is 1.55 bits per heavy atom. The van der Waals surface area contributed by atoms with E-state index in [0.29, 0.717) is 12.0 Å². The van der Waals surface area contributed by atoms with Crippen LogP contribution in [0, 0.1) is 32.6 Å². The molecule has 1 aromatic carbocycles. The number of hydrogen-bond acceptors (Lipinski definition) is 4. The van der Waals surface area contributed by atoms with Crippen molar-refractivity contribution in [3.8, 4) is 0 Å². The molecule has 0 aliphatic carbocycles. The van der Waals surface area contributed by atoms with Crippen LogP contribution in [0.3, 0.4) is 0 Å². The van der Waals surface area contributed by atoms with Gasteiger partial charge in [0.05, 0.1) is 7.11 Å². The topological polar surface area (TPSA) is 60.4 Å². The molecular formula is C17H26O4P+. The molecule has 0 N–H and O–H groups in total. The number of benzene rings is 1. The number of hydrogen-bond donors (Lipinski definition) is 0. The Kier molecular flexibility index (Phi) is 8.81. The number of Topliss-reactive ketones (excluding diaryl/α,β-unsaturated/α-hetero) is 1. The molecule has 2 atom stereocenters. The second kappa shape index (κ2) is 9.47. The summed E-state index contributed by atoms with van der Waals surface area (Å²) in [6.07, 6.45) is 0.512. The van der Waals surface area contributed by atoms with E-state index in [0.717, 1.165) is 16.7 Å². The third-order valence-corrected chi connectivity index (χ3v) is 3.43. The Bertz CT molecular complexity index is 514. The monoisotopic (exact) mass is 325 g/mol. The van der Waals surface area contributed by atoms with Crippen LogP contribution < -0.4 is 0 Å². The van der Waals surface area contributed by atoms with Gasteiger partial charge in [-0.25, -0.2) is 0 Å². The van der Waals surface area contributed by atoms with Gasteiger partial charge < -0.3 is 4.74 Å². The van der Waals surface area contributed by atoms with Crippen LogP contribution in [-0.2, 0) is 14.1 Å². The molecule has 122 valence electrons. The van der Waals surface area contributed by atoms with Gasteiger partial charge in [-0.05, 0) is 44.2 Å². The molecule has 0 aliphatic heterocycles. The van der Waals surface area contributed by atoms with E-state index in [1.807, 2.05) is 46.8 Å². The van der Waals surface area contributed by atoms with Crippen LogP contribution in [0.25, 0.3) is 0 Å². The molecule has 0 saturated heterocycles. The molecule has 1 aromatic rings. The summed E-state index contributed by atoms with van der Waals surface area (Å²) in [4.78, 5) is 24.6. The maximum atomic E-state index is 12.7. The van der Waals surface area contributed by atoms with E-state index in [1.165, 1.54) is 16.2 Å². The highest BCUT2D eigenvalue weighted by Gasteiger charge is 2.30. The van der Waals surface area contributed by atoms with Crippen LogP contribution in [0.15, 0.2) is 12.1 Å². The van der Waals surface area contributed by atoms with Crippen LogP contribution >= 0.6 is 9.12 Å². The van der Waals surface area contributed by atoms with Crippen molar-refractivity contribution in [2.45, 2.75) is 41.0 Å². The van der Waals surface area contributed by atoms with Crippen molar-refractivity contribution in [1.82, 2.24) is 0 Å². The normalized spacial score (nSPS) is 11.4. The molecule has 5 heteroatoms. The maximum Gasteiger partial charge on any atom is 0.316 e. The van der Waals surface area contributed by atoms with Crippen LogP contribution in [0.5, 0.6) is 0 Å². The zero-order valence-corrected chi connectivity index (χ0v) is 15.4. The first-order chi connectivity index (χ1) is 10.3. The average Bonchev–Trinajstić information content (AvgIpc) is 2.44. The molecule has 0 amide bonds. The summed E-state index contributed by atoms with van der Waals surface area (Å²) in [6, 6.07) is 3.95. The summed E-state index contributed by atoms with van der Waals surface area (Å²) in [6.45, 7) is 9.82. The standard InChI is InChI=1S/C17H24O3.H2OP/c1-10(2)7-14(17(19)20-6)16(18)15-12(4)8-11(3)9-13(15)5;1-2/h8-10,14H,7H2,1-6H3;2H2/q;+1. The molecule has 0 aromatic heterocycles. The molecule has 0 heterocycles. The Labute approximate surface area is 134 Å². The minimum atomic E-state index is -0.708. The first-order valence-corrected chi connectivity index (χ1v) is 7.68. The molecule has 0 aliphatic rings. The third kappa shape index (κ3) is 5.34. The molecular weight excluding hydrogens is 299 g/mol. The number of carbonyl (C=O) groups excluding carboxylic acids is 2. The summed E-state index contributed by atoms with van der Waals surface area (Å²) in [5, 5.41) is 0. The van der Waals surface area contributed by atoms with E-state index in [2.05, 4.69) is 0 Å². The number of rotatable bonds is 5. The number of aryl methyl sites for hydroxylation is 3. The van der Waals surface area contributed by atoms with Gasteiger partial charge in [-0.2, -0.15) is 0 Å². The Balaban J connectivity index is 0.00000211. The van der Waals surface area contributed by atoms with Gasteiger partial charge in [0.15, 0.2) is 5.78 Å². The van der Waals surface area contributed by atoms with Gasteiger partial charge in [0.2, 0.25) is 0 Å². The minimum absolute atomic E-state index is 0.124. The Morgan fingerprint density at radius 1 is 1.09 bits per heavy atom. The lowest BCUT2D eigenvalue weighted by Crippen LogP contribution is -2.28. The molecule has 0 saturated carbocycles. The van der Waals surface area contributed by atoms with Crippen LogP contribution in [0.1, 0.15) is 47.3 Å². The van der Waals surface area contributed by atoms with Crippen molar-refractivity contribution >= 4 is 20.9 Å². The fraction of sp³-hybridized carbons (Fsp3) is 0.529. The number of carbonyl (C=O) groups is 2. The highest BCUT2D eigenvalue weighted by atomic mass is 31.0. The summed E-state index contributed by atoms with van der Waals surface area (Å²) < 4.78 is 13.0. The summed E-state index contributed by atoms with van der Waals surface area (Å²) in [5.74, 6) is -1.02. The zero-order valence-electron chi connectivity index (χ0n) is 14.2. The number of methoxy groups -OCH3 is 1. The molecule has 2 unspecified atom stereocenters. The number of ketones is 1. The van der Waals surface area contributed by atoms with Crippen molar-refractivity contribution in [3.05, 3.63) is 34.4 Å². The molecule has 0 fully saturated rings. The van der Waals surface area contributed by atoms with E-state index in [4.69, 9.17) is 9.30 Å². The first kappa shape index (κ1) is 20.5. The predicted octanol–water partition coefficient (Wildman–Crippen LogP) is 3.84. The second-order valence-electron chi connectivity index (χ2n) is 5.84. The van der Waals surface area contributed by atoms with E-state index in [9.17, 15) is 9.59 Å². The van der Waals surface area contributed by atoms with E-state index in [1.54, 1.807) is 0 Å². The first-order valence-electron chi connectivity index (χ1n) is 7.21. The summed E-state index contributed by atoms with van der Waals surface area (Å²) in [5.41, 5.74) is 3.62.